The maximum absolute atomic E-state index is 10.2. The first-order valence-corrected chi connectivity index (χ1v) is 7.83. The second-order valence-electron chi connectivity index (χ2n) is 7.55. The first kappa shape index (κ1) is 15.5. The summed E-state index contributed by atoms with van der Waals surface area (Å²) in [5.74, 6) is 0.750. The lowest BCUT2D eigenvalue weighted by atomic mass is 9.89. The maximum atomic E-state index is 10.2. The molecule has 1 aliphatic carbocycles. The lowest BCUT2D eigenvalue weighted by molar-refractivity contribution is 0.115. The summed E-state index contributed by atoms with van der Waals surface area (Å²) < 4.78 is 0. The van der Waals surface area contributed by atoms with Crippen LogP contribution in [0, 0.1) is 18.3 Å². The number of rotatable bonds is 6. The van der Waals surface area contributed by atoms with Crippen molar-refractivity contribution in [2.75, 3.05) is 6.54 Å². The largest absolute Gasteiger partial charge is 0.392 e. The fraction of sp³-hybridized carbons (Fsp3) is 0.667. The Hall–Kier alpha value is -0.860. The molecule has 1 saturated carbocycles. The van der Waals surface area contributed by atoms with Crippen LogP contribution in [0.15, 0.2) is 24.3 Å². The van der Waals surface area contributed by atoms with Crippen molar-refractivity contribution >= 4 is 0 Å². The Balaban J connectivity index is 1.92. The first-order chi connectivity index (χ1) is 9.35. The Morgan fingerprint density at radius 2 is 1.80 bits per heavy atom. The predicted molar refractivity (Wildman–Crippen MR) is 84.7 cm³/mol. The molecule has 2 heteroatoms. The average molecular weight is 275 g/mol. The summed E-state index contributed by atoms with van der Waals surface area (Å²) in [5, 5.41) is 13.8. The Morgan fingerprint density at radius 3 is 2.30 bits per heavy atom. The standard InChI is InChI=1S/C18H29NO/c1-13-5-7-14(8-6-13)17(15-9-10-15)19-12-16(20)11-18(2,3)4/h5-8,15-17,19-20H,9-12H2,1-4H3. The van der Waals surface area contributed by atoms with Crippen molar-refractivity contribution in [2.45, 2.75) is 59.1 Å². The molecule has 1 aromatic carbocycles. The maximum Gasteiger partial charge on any atom is 0.0669 e. The van der Waals surface area contributed by atoms with Crippen molar-refractivity contribution in [1.29, 1.82) is 0 Å². The highest BCUT2D eigenvalue weighted by molar-refractivity contribution is 5.25. The molecule has 1 aromatic rings. The number of hydrogen-bond acceptors (Lipinski definition) is 2. The quantitative estimate of drug-likeness (QED) is 0.827. The van der Waals surface area contributed by atoms with Gasteiger partial charge in [0.1, 0.15) is 0 Å². The van der Waals surface area contributed by atoms with Crippen molar-refractivity contribution < 1.29 is 5.11 Å². The van der Waals surface area contributed by atoms with E-state index >= 15 is 0 Å². The van der Waals surface area contributed by atoms with E-state index in [0.717, 1.165) is 12.3 Å². The zero-order chi connectivity index (χ0) is 14.8. The number of aryl methyl sites for hydroxylation is 1. The van der Waals surface area contributed by atoms with Crippen LogP contribution in [-0.4, -0.2) is 17.8 Å². The van der Waals surface area contributed by atoms with Crippen molar-refractivity contribution in [3.05, 3.63) is 35.4 Å². The third-order valence-electron chi connectivity index (χ3n) is 3.95. The van der Waals surface area contributed by atoms with Crippen LogP contribution in [0.3, 0.4) is 0 Å². The number of nitrogens with one attached hydrogen (secondary N) is 1. The number of aliphatic hydroxyl groups excluding tert-OH is 1. The van der Waals surface area contributed by atoms with E-state index < -0.39 is 0 Å². The average Bonchev–Trinajstić information content (AvgIpc) is 3.13. The van der Waals surface area contributed by atoms with Gasteiger partial charge in [-0.3, -0.25) is 0 Å². The molecular formula is C18H29NO. The molecule has 0 heterocycles. The highest BCUT2D eigenvalue weighted by Crippen LogP contribution is 2.41. The van der Waals surface area contributed by atoms with E-state index in [2.05, 4.69) is 57.3 Å². The fourth-order valence-electron chi connectivity index (χ4n) is 2.80. The van der Waals surface area contributed by atoms with Crippen molar-refractivity contribution in [3.63, 3.8) is 0 Å². The Kier molecular flexibility index (Phi) is 4.87. The van der Waals surface area contributed by atoms with Gasteiger partial charge in [0, 0.05) is 12.6 Å². The van der Waals surface area contributed by atoms with Gasteiger partial charge in [0.2, 0.25) is 0 Å². The molecule has 1 aliphatic rings. The summed E-state index contributed by atoms with van der Waals surface area (Å²) in [4.78, 5) is 0. The molecule has 2 N–H and O–H groups in total. The molecule has 20 heavy (non-hydrogen) atoms. The molecule has 1 fully saturated rings. The van der Waals surface area contributed by atoms with Crippen LogP contribution in [0.25, 0.3) is 0 Å². The molecule has 0 saturated heterocycles. The molecule has 0 aromatic heterocycles. The second-order valence-corrected chi connectivity index (χ2v) is 7.55. The van der Waals surface area contributed by atoms with E-state index in [9.17, 15) is 5.11 Å². The van der Waals surface area contributed by atoms with E-state index in [4.69, 9.17) is 0 Å². The predicted octanol–water partition coefficient (Wildman–Crippen LogP) is 3.83. The molecule has 0 bridgehead atoms. The third kappa shape index (κ3) is 4.92. The van der Waals surface area contributed by atoms with Gasteiger partial charge in [0.25, 0.3) is 0 Å². The van der Waals surface area contributed by atoms with E-state index in [1.807, 2.05) is 0 Å². The normalized spacial score (nSPS) is 18.9. The van der Waals surface area contributed by atoms with Gasteiger partial charge in [-0.05, 0) is 43.1 Å². The van der Waals surface area contributed by atoms with Crippen LogP contribution in [0.5, 0.6) is 0 Å². The lowest BCUT2D eigenvalue weighted by Gasteiger charge is -2.25. The van der Waals surface area contributed by atoms with Gasteiger partial charge < -0.3 is 10.4 Å². The highest BCUT2D eigenvalue weighted by atomic mass is 16.3. The van der Waals surface area contributed by atoms with Crippen LogP contribution in [0.4, 0.5) is 0 Å². The summed E-state index contributed by atoms with van der Waals surface area (Å²) in [6, 6.07) is 9.21. The molecule has 112 valence electrons. The summed E-state index contributed by atoms with van der Waals surface area (Å²) in [6.07, 6.45) is 3.19. The molecule has 0 spiro atoms. The third-order valence-corrected chi connectivity index (χ3v) is 3.95. The fourth-order valence-corrected chi connectivity index (χ4v) is 2.80. The topological polar surface area (TPSA) is 32.3 Å². The van der Waals surface area contributed by atoms with Crippen molar-refractivity contribution in [2.24, 2.45) is 11.3 Å². The van der Waals surface area contributed by atoms with Crippen molar-refractivity contribution in [1.82, 2.24) is 5.32 Å². The highest BCUT2D eigenvalue weighted by Gasteiger charge is 2.32. The first-order valence-electron chi connectivity index (χ1n) is 7.83. The monoisotopic (exact) mass is 275 g/mol. The van der Waals surface area contributed by atoms with Crippen molar-refractivity contribution in [3.8, 4) is 0 Å². The molecule has 2 unspecified atom stereocenters. The summed E-state index contributed by atoms with van der Waals surface area (Å²) in [7, 11) is 0. The van der Waals surface area contributed by atoms with Gasteiger partial charge in [-0.25, -0.2) is 0 Å². The Bertz CT molecular complexity index is 414. The Morgan fingerprint density at radius 1 is 1.20 bits per heavy atom. The summed E-state index contributed by atoms with van der Waals surface area (Å²) >= 11 is 0. The van der Waals surface area contributed by atoms with Crippen LogP contribution < -0.4 is 5.32 Å². The summed E-state index contributed by atoms with van der Waals surface area (Å²) in [5.41, 5.74) is 2.84. The molecule has 0 aliphatic heterocycles. The molecule has 0 amide bonds. The number of benzene rings is 1. The SMILES string of the molecule is Cc1ccc(C(NCC(O)CC(C)(C)C)C2CC2)cc1. The minimum atomic E-state index is -0.262. The number of aliphatic hydroxyl groups is 1. The van der Waals surface area contributed by atoms with Gasteiger partial charge in [0.05, 0.1) is 6.10 Å². The molecule has 2 nitrogen and oxygen atoms in total. The molecule has 2 rings (SSSR count). The second kappa shape index (κ2) is 6.28. The Labute approximate surface area is 123 Å². The van der Waals surface area contributed by atoms with E-state index in [-0.39, 0.29) is 11.5 Å². The molecule has 0 radical (unpaired) electrons. The van der Waals surface area contributed by atoms with Gasteiger partial charge in [-0.15, -0.1) is 0 Å². The van der Waals surface area contributed by atoms with Gasteiger partial charge >= 0.3 is 0 Å². The zero-order valence-electron chi connectivity index (χ0n) is 13.3. The zero-order valence-corrected chi connectivity index (χ0v) is 13.3. The van der Waals surface area contributed by atoms with Crippen LogP contribution in [0.1, 0.15) is 57.2 Å². The molecular weight excluding hydrogens is 246 g/mol. The number of hydrogen-bond donors (Lipinski definition) is 2. The lowest BCUT2D eigenvalue weighted by Crippen LogP contribution is -2.33. The smallest absolute Gasteiger partial charge is 0.0669 e. The van der Waals surface area contributed by atoms with Gasteiger partial charge in [-0.1, -0.05) is 50.6 Å². The van der Waals surface area contributed by atoms with Crippen LogP contribution in [-0.2, 0) is 0 Å². The minimum absolute atomic E-state index is 0.181. The van der Waals surface area contributed by atoms with Gasteiger partial charge in [-0.2, -0.15) is 0 Å². The van der Waals surface area contributed by atoms with E-state index in [1.165, 1.54) is 24.0 Å². The van der Waals surface area contributed by atoms with Crippen LogP contribution in [0.2, 0.25) is 0 Å². The van der Waals surface area contributed by atoms with Crippen LogP contribution >= 0.6 is 0 Å². The molecule has 2 atom stereocenters. The van der Waals surface area contributed by atoms with E-state index in [1.54, 1.807) is 0 Å². The van der Waals surface area contributed by atoms with E-state index in [0.29, 0.717) is 12.6 Å². The van der Waals surface area contributed by atoms with Gasteiger partial charge in [0.15, 0.2) is 0 Å². The summed E-state index contributed by atoms with van der Waals surface area (Å²) in [6.45, 7) is 9.33. The minimum Gasteiger partial charge on any atom is -0.392 e.